The number of furan rings is 1. The fourth-order valence-electron chi connectivity index (χ4n) is 10.7. The zero-order valence-corrected chi connectivity index (χ0v) is 25.5. The molecule has 2 aromatic rings. The maximum atomic E-state index is 13.5. The van der Waals surface area contributed by atoms with Crippen LogP contribution in [0.5, 0.6) is 0 Å². The lowest BCUT2D eigenvalue weighted by Gasteiger charge is -2.69. The molecule has 8 nitrogen and oxygen atoms in total. The number of hydrogen-bond acceptors (Lipinski definition) is 8. The van der Waals surface area contributed by atoms with Crippen molar-refractivity contribution in [2.75, 3.05) is 6.61 Å². The molecule has 0 radical (unpaired) electrons. The molecular formula is C35H42O8. The van der Waals surface area contributed by atoms with Crippen LogP contribution in [0.4, 0.5) is 0 Å². The SMILES string of the molecule is CC(=O)O[C@H]1C[C@H]2[C@](C)(C3=CC[C@@H](c4ccoc4)[C@@]31C)[C@H](O)[C@@H]1OC[C@@]3(C)C1[C@]2(C)[C@@H](OC(=O)c1ccccc1)C[C@H]3O. The van der Waals surface area contributed by atoms with Gasteiger partial charge in [-0.1, -0.05) is 57.5 Å². The number of fused-ring (bicyclic) bond motifs is 4. The van der Waals surface area contributed by atoms with Crippen LogP contribution in [0.2, 0.25) is 0 Å². The lowest BCUT2D eigenvalue weighted by Crippen LogP contribution is -2.74. The van der Waals surface area contributed by atoms with E-state index in [9.17, 15) is 19.8 Å². The first-order valence-corrected chi connectivity index (χ1v) is 15.5. The normalized spacial score (nSPS) is 46.3. The third-order valence-electron chi connectivity index (χ3n) is 12.7. The monoisotopic (exact) mass is 590 g/mol. The number of ether oxygens (including phenoxy) is 3. The van der Waals surface area contributed by atoms with Gasteiger partial charge in [0.2, 0.25) is 0 Å². The Morgan fingerprint density at radius 1 is 0.953 bits per heavy atom. The summed E-state index contributed by atoms with van der Waals surface area (Å²) in [7, 11) is 0. The lowest BCUT2D eigenvalue weighted by molar-refractivity contribution is -0.265. The summed E-state index contributed by atoms with van der Waals surface area (Å²) in [6.07, 6.45) is 3.74. The molecule has 0 spiro atoms. The molecule has 2 N–H and O–H groups in total. The molecule has 5 aliphatic rings. The molecule has 4 fully saturated rings. The molecule has 1 saturated heterocycles. The summed E-state index contributed by atoms with van der Waals surface area (Å²) in [5.74, 6) is -1.34. The average Bonchev–Trinajstić information content (AvgIpc) is 3.71. The smallest absolute Gasteiger partial charge is 0.338 e. The second kappa shape index (κ2) is 9.53. The Labute approximate surface area is 252 Å². The highest BCUT2D eigenvalue weighted by molar-refractivity contribution is 5.89. The molecule has 8 heteroatoms. The standard InChI is InChI=1S/C35H42O8/c1-19(36)42-26-15-24-34(4,23-12-11-22(33(23,26)3)21-13-14-40-17-21)30(38)28-29-32(2,18-41-28)25(37)16-27(35(24,29)5)43-31(39)20-9-7-6-8-10-20/h6-10,12-14,17,22,24-30,37-38H,11,15-16,18H2,1-5H3/t22-,24-,25+,26-,27-,28+,29?,30+,32+,33-,34-,35-/m0/s1. The quantitative estimate of drug-likeness (QED) is 0.376. The predicted molar refractivity (Wildman–Crippen MR) is 156 cm³/mol. The van der Waals surface area contributed by atoms with E-state index in [4.69, 9.17) is 18.6 Å². The third-order valence-corrected chi connectivity index (χ3v) is 12.7. The maximum absolute atomic E-state index is 13.5. The molecule has 0 bridgehead atoms. The van der Waals surface area contributed by atoms with Gasteiger partial charge in [-0.15, -0.1) is 0 Å². The minimum Gasteiger partial charge on any atom is -0.472 e. The number of allylic oxidation sites excluding steroid dienone is 1. The van der Waals surface area contributed by atoms with Gasteiger partial charge >= 0.3 is 11.9 Å². The molecule has 1 aromatic heterocycles. The highest BCUT2D eigenvalue weighted by atomic mass is 16.6. The van der Waals surface area contributed by atoms with Gasteiger partial charge in [-0.3, -0.25) is 4.79 Å². The Balaban J connectivity index is 1.38. The van der Waals surface area contributed by atoms with E-state index in [-0.39, 0.29) is 30.1 Å². The first kappa shape index (κ1) is 28.8. The number of aliphatic hydroxyl groups is 2. The van der Waals surface area contributed by atoms with E-state index in [0.717, 1.165) is 11.1 Å². The third kappa shape index (κ3) is 3.66. The molecular weight excluding hydrogens is 548 g/mol. The molecule has 1 unspecified atom stereocenters. The van der Waals surface area contributed by atoms with Crippen LogP contribution in [0.25, 0.3) is 0 Å². The van der Waals surface area contributed by atoms with Crippen LogP contribution in [-0.2, 0) is 19.0 Å². The van der Waals surface area contributed by atoms with Crippen LogP contribution in [0.1, 0.15) is 75.7 Å². The van der Waals surface area contributed by atoms with Gasteiger partial charge in [-0.05, 0) is 42.5 Å². The van der Waals surface area contributed by atoms with Gasteiger partial charge in [-0.2, -0.15) is 0 Å². The van der Waals surface area contributed by atoms with Gasteiger partial charge in [0.15, 0.2) is 0 Å². The summed E-state index contributed by atoms with van der Waals surface area (Å²) in [6.45, 7) is 10.2. The number of esters is 2. The molecule has 3 saturated carbocycles. The number of aliphatic hydroxyl groups excluding tert-OH is 2. The first-order valence-electron chi connectivity index (χ1n) is 15.5. The number of carbonyl (C=O) groups is 2. The zero-order chi connectivity index (χ0) is 30.5. The van der Waals surface area contributed by atoms with Gasteiger partial charge in [0.05, 0.1) is 43.0 Å². The first-order chi connectivity index (χ1) is 20.4. The van der Waals surface area contributed by atoms with Gasteiger partial charge < -0.3 is 28.8 Å². The minimum absolute atomic E-state index is 0.00393. The van der Waals surface area contributed by atoms with Crippen molar-refractivity contribution < 1.29 is 38.4 Å². The summed E-state index contributed by atoms with van der Waals surface area (Å²) in [5.41, 5.74) is -0.190. The number of benzene rings is 1. The Hall–Kier alpha value is -2.94. The van der Waals surface area contributed by atoms with E-state index in [1.807, 2.05) is 19.1 Å². The van der Waals surface area contributed by atoms with Crippen molar-refractivity contribution in [2.45, 2.75) is 90.3 Å². The van der Waals surface area contributed by atoms with E-state index in [1.54, 1.807) is 36.8 Å². The van der Waals surface area contributed by atoms with Crippen molar-refractivity contribution >= 4 is 11.9 Å². The highest BCUT2D eigenvalue weighted by Crippen LogP contribution is 2.75. The molecule has 230 valence electrons. The van der Waals surface area contributed by atoms with Crippen LogP contribution in [-0.4, -0.2) is 59.3 Å². The van der Waals surface area contributed by atoms with Crippen LogP contribution in [0.15, 0.2) is 65.0 Å². The molecule has 12 atom stereocenters. The Kier molecular flexibility index (Phi) is 6.38. The van der Waals surface area contributed by atoms with Crippen molar-refractivity contribution in [2.24, 2.45) is 33.5 Å². The summed E-state index contributed by atoms with van der Waals surface area (Å²) < 4.78 is 24.5. The van der Waals surface area contributed by atoms with Crippen molar-refractivity contribution in [3.63, 3.8) is 0 Å². The summed E-state index contributed by atoms with van der Waals surface area (Å²) in [5, 5.41) is 24.0. The molecule has 43 heavy (non-hydrogen) atoms. The second-order valence-electron chi connectivity index (χ2n) is 14.5. The Morgan fingerprint density at radius 3 is 2.37 bits per heavy atom. The van der Waals surface area contributed by atoms with Crippen molar-refractivity contribution in [3.05, 3.63) is 71.7 Å². The van der Waals surface area contributed by atoms with Crippen LogP contribution < -0.4 is 0 Å². The topological polar surface area (TPSA) is 115 Å². The zero-order valence-electron chi connectivity index (χ0n) is 25.5. The van der Waals surface area contributed by atoms with Gasteiger partial charge in [-0.25, -0.2) is 4.79 Å². The van der Waals surface area contributed by atoms with Crippen LogP contribution in [0, 0.1) is 33.5 Å². The van der Waals surface area contributed by atoms with Crippen LogP contribution >= 0.6 is 0 Å². The van der Waals surface area contributed by atoms with Gasteiger partial charge in [0, 0.05) is 46.8 Å². The van der Waals surface area contributed by atoms with Gasteiger partial charge in [0.25, 0.3) is 0 Å². The molecule has 0 amide bonds. The predicted octanol–water partition coefficient (Wildman–Crippen LogP) is 5.05. The largest absolute Gasteiger partial charge is 0.472 e. The summed E-state index contributed by atoms with van der Waals surface area (Å²) >= 11 is 0. The van der Waals surface area contributed by atoms with Crippen molar-refractivity contribution in [1.82, 2.24) is 0 Å². The van der Waals surface area contributed by atoms with E-state index < -0.39 is 58.1 Å². The fourth-order valence-corrected chi connectivity index (χ4v) is 10.7. The van der Waals surface area contributed by atoms with E-state index in [0.29, 0.717) is 25.0 Å². The Morgan fingerprint density at radius 2 is 1.70 bits per heavy atom. The van der Waals surface area contributed by atoms with E-state index in [2.05, 4.69) is 26.8 Å². The lowest BCUT2D eigenvalue weighted by atomic mass is 9.36. The highest BCUT2D eigenvalue weighted by Gasteiger charge is 2.78. The number of rotatable bonds is 4. The fraction of sp³-hybridized carbons (Fsp3) is 0.600. The minimum atomic E-state index is -0.875. The summed E-state index contributed by atoms with van der Waals surface area (Å²) in [6, 6.07) is 10.9. The molecule has 1 aromatic carbocycles. The molecule has 2 heterocycles. The van der Waals surface area contributed by atoms with Gasteiger partial charge in [0.1, 0.15) is 12.2 Å². The Bertz CT molecular complexity index is 1450. The second-order valence-corrected chi connectivity index (χ2v) is 14.5. The van der Waals surface area contributed by atoms with E-state index in [1.165, 1.54) is 6.92 Å². The number of carbonyl (C=O) groups excluding carboxylic acids is 2. The molecule has 1 aliphatic heterocycles. The molecule has 7 rings (SSSR count). The summed E-state index contributed by atoms with van der Waals surface area (Å²) in [4.78, 5) is 26.2. The molecule has 4 aliphatic carbocycles. The maximum Gasteiger partial charge on any atom is 0.338 e. The van der Waals surface area contributed by atoms with Crippen LogP contribution in [0.3, 0.4) is 0 Å². The number of hydrogen-bond donors (Lipinski definition) is 2. The van der Waals surface area contributed by atoms with E-state index >= 15 is 0 Å². The average molecular weight is 591 g/mol. The van der Waals surface area contributed by atoms with Crippen molar-refractivity contribution in [3.8, 4) is 0 Å². The van der Waals surface area contributed by atoms with Crippen molar-refractivity contribution in [1.29, 1.82) is 0 Å².